The second-order valence-corrected chi connectivity index (χ2v) is 5.42. The predicted molar refractivity (Wildman–Crippen MR) is 88.6 cm³/mol. The van der Waals surface area contributed by atoms with Crippen molar-refractivity contribution in [2.75, 3.05) is 6.61 Å². The number of halogens is 1. The molecule has 0 bridgehead atoms. The zero-order valence-corrected chi connectivity index (χ0v) is 13.2. The number of carbonyl (C=O) groups excluding carboxylic acids is 2. The number of amides is 1. The summed E-state index contributed by atoms with van der Waals surface area (Å²) in [6, 6.07) is 14.3. The van der Waals surface area contributed by atoms with Crippen LogP contribution in [0.15, 0.2) is 59.1 Å². The van der Waals surface area contributed by atoms with Crippen molar-refractivity contribution < 1.29 is 14.3 Å². The minimum absolute atomic E-state index is 0.206. The number of hydrogen-bond donors (Lipinski definition) is 1. The number of ketones is 1. The molecule has 5 heteroatoms. The van der Waals surface area contributed by atoms with Crippen LogP contribution in [0.5, 0.6) is 5.75 Å². The van der Waals surface area contributed by atoms with Gasteiger partial charge in [0.05, 0.1) is 5.56 Å². The minimum Gasteiger partial charge on any atom is -0.483 e. The van der Waals surface area contributed by atoms with Gasteiger partial charge in [0.1, 0.15) is 5.75 Å². The Morgan fingerprint density at radius 1 is 1.09 bits per heavy atom. The molecule has 0 radical (unpaired) electrons. The lowest BCUT2D eigenvalue weighted by Gasteiger charge is -2.07. The Hall–Kier alpha value is -2.40. The van der Waals surface area contributed by atoms with E-state index < -0.39 is 5.91 Å². The van der Waals surface area contributed by atoms with Crippen LogP contribution in [-0.2, 0) is 4.79 Å². The Morgan fingerprint density at radius 3 is 2.45 bits per heavy atom. The van der Waals surface area contributed by atoms with E-state index in [-0.39, 0.29) is 12.4 Å². The zero-order valence-electron chi connectivity index (χ0n) is 11.7. The molecule has 0 saturated heterocycles. The van der Waals surface area contributed by atoms with E-state index in [0.29, 0.717) is 11.3 Å². The molecule has 0 spiro atoms. The third kappa shape index (κ3) is 4.56. The number of rotatable bonds is 6. The summed E-state index contributed by atoms with van der Waals surface area (Å²) in [5.41, 5.74) is 6.34. The van der Waals surface area contributed by atoms with Crippen molar-refractivity contribution in [2.24, 2.45) is 5.73 Å². The van der Waals surface area contributed by atoms with Gasteiger partial charge in [0.2, 0.25) is 0 Å². The normalized spacial score (nSPS) is 10.6. The number of carbonyl (C=O) groups is 2. The second-order valence-electron chi connectivity index (χ2n) is 4.50. The SMILES string of the molecule is NC(=O)COc1ccccc1C(=O)/C=C/c1ccc(Br)cc1. The molecule has 2 aromatic rings. The molecule has 112 valence electrons. The first-order chi connectivity index (χ1) is 10.6. The van der Waals surface area contributed by atoms with Crippen LogP contribution in [0.25, 0.3) is 6.08 Å². The Bertz CT molecular complexity index is 708. The van der Waals surface area contributed by atoms with E-state index in [4.69, 9.17) is 10.5 Å². The number of benzene rings is 2. The van der Waals surface area contributed by atoms with Crippen molar-refractivity contribution in [1.29, 1.82) is 0 Å². The van der Waals surface area contributed by atoms with E-state index >= 15 is 0 Å². The van der Waals surface area contributed by atoms with Gasteiger partial charge in [-0.15, -0.1) is 0 Å². The molecular formula is C17H14BrNO3. The van der Waals surface area contributed by atoms with Crippen molar-refractivity contribution in [3.8, 4) is 5.75 Å². The van der Waals surface area contributed by atoms with Gasteiger partial charge in [-0.2, -0.15) is 0 Å². The summed E-state index contributed by atoms with van der Waals surface area (Å²) in [4.78, 5) is 23.0. The first kappa shape index (κ1) is 16.0. The molecule has 0 aliphatic heterocycles. The molecule has 0 aromatic heterocycles. The van der Waals surface area contributed by atoms with Gasteiger partial charge >= 0.3 is 0 Å². The van der Waals surface area contributed by atoms with Gasteiger partial charge < -0.3 is 10.5 Å². The fourth-order valence-electron chi connectivity index (χ4n) is 1.78. The maximum absolute atomic E-state index is 12.3. The molecule has 0 fully saturated rings. The maximum atomic E-state index is 12.3. The first-order valence-corrected chi connectivity index (χ1v) is 7.33. The Morgan fingerprint density at radius 2 is 1.77 bits per heavy atom. The van der Waals surface area contributed by atoms with Gasteiger partial charge in [-0.05, 0) is 35.9 Å². The lowest BCUT2D eigenvalue weighted by atomic mass is 10.1. The average Bonchev–Trinajstić information content (AvgIpc) is 2.52. The summed E-state index contributed by atoms with van der Waals surface area (Å²) in [6.45, 7) is -0.263. The molecule has 2 N–H and O–H groups in total. The van der Waals surface area contributed by atoms with Crippen LogP contribution in [0.1, 0.15) is 15.9 Å². The summed E-state index contributed by atoms with van der Waals surface area (Å²) >= 11 is 3.36. The Balaban J connectivity index is 2.15. The summed E-state index contributed by atoms with van der Waals surface area (Å²) in [6.07, 6.45) is 3.19. The lowest BCUT2D eigenvalue weighted by molar-refractivity contribution is -0.119. The highest BCUT2D eigenvalue weighted by molar-refractivity contribution is 9.10. The lowest BCUT2D eigenvalue weighted by Crippen LogP contribution is -2.20. The van der Waals surface area contributed by atoms with Gasteiger partial charge in [0, 0.05) is 4.47 Å². The summed E-state index contributed by atoms with van der Waals surface area (Å²) in [5, 5.41) is 0. The number of hydrogen-bond acceptors (Lipinski definition) is 3. The molecular weight excluding hydrogens is 346 g/mol. The van der Waals surface area contributed by atoms with E-state index in [1.807, 2.05) is 24.3 Å². The van der Waals surface area contributed by atoms with Crippen LogP contribution in [0, 0.1) is 0 Å². The molecule has 0 unspecified atom stereocenters. The van der Waals surface area contributed by atoms with Crippen LogP contribution in [0.4, 0.5) is 0 Å². The second kappa shape index (κ2) is 7.56. The molecule has 4 nitrogen and oxygen atoms in total. The highest BCUT2D eigenvalue weighted by atomic mass is 79.9. The molecule has 0 aliphatic rings. The molecule has 22 heavy (non-hydrogen) atoms. The van der Waals surface area contributed by atoms with Gasteiger partial charge in [0.25, 0.3) is 5.91 Å². The number of allylic oxidation sites excluding steroid dienone is 1. The van der Waals surface area contributed by atoms with Crippen molar-refractivity contribution in [3.63, 3.8) is 0 Å². The molecule has 0 aliphatic carbocycles. The van der Waals surface area contributed by atoms with Crippen LogP contribution >= 0.6 is 15.9 Å². The van der Waals surface area contributed by atoms with Gasteiger partial charge in [-0.1, -0.05) is 46.3 Å². The monoisotopic (exact) mass is 359 g/mol. The van der Waals surface area contributed by atoms with Crippen molar-refractivity contribution in [1.82, 2.24) is 0 Å². The third-order valence-corrected chi connectivity index (χ3v) is 3.35. The number of para-hydroxylation sites is 1. The summed E-state index contributed by atoms with van der Waals surface area (Å²) in [7, 11) is 0. The topological polar surface area (TPSA) is 69.4 Å². The molecule has 0 atom stereocenters. The quantitative estimate of drug-likeness (QED) is 0.635. The maximum Gasteiger partial charge on any atom is 0.255 e. The van der Waals surface area contributed by atoms with E-state index in [0.717, 1.165) is 10.0 Å². The Labute approximate surface area is 136 Å². The van der Waals surface area contributed by atoms with E-state index in [1.54, 1.807) is 30.3 Å². The van der Waals surface area contributed by atoms with Gasteiger partial charge in [0.15, 0.2) is 12.4 Å². The smallest absolute Gasteiger partial charge is 0.255 e. The highest BCUT2D eigenvalue weighted by Gasteiger charge is 2.10. The van der Waals surface area contributed by atoms with Crippen molar-refractivity contribution in [3.05, 3.63) is 70.2 Å². The van der Waals surface area contributed by atoms with Crippen LogP contribution in [0.3, 0.4) is 0 Å². The standard InChI is InChI=1S/C17H14BrNO3/c18-13-8-5-12(6-9-13)7-10-15(20)14-3-1-2-4-16(14)22-11-17(19)21/h1-10H,11H2,(H2,19,21)/b10-7+. The molecule has 0 heterocycles. The zero-order chi connectivity index (χ0) is 15.9. The summed E-state index contributed by atoms with van der Waals surface area (Å²) in [5.74, 6) is -0.456. The largest absolute Gasteiger partial charge is 0.483 e. The number of primary amides is 1. The molecule has 2 rings (SSSR count). The van der Waals surface area contributed by atoms with Crippen molar-refractivity contribution >= 4 is 33.7 Å². The highest BCUT2D eigenvalue weighted by Crippen LogP contribution is 2.19. The molecule has 2 aromatic carbocycles. The van der Waals surface area contributed by atoms with Crippen LogP contribution in [0.2, 0.25) is 0 Å². The van der Waals surface area contributed by atoms with E-state index in [9.17, 15) is 9.59 Å². The van der Waals surface area contributed by atoms with E-state index in [1.165, 1.54) is 6.08 Å². The Kier molecular flexibility index (Phi) is 5.49. The third-order valence-electron chi connectivity index (χ3n) is 2.82. The fraction of sp³-hybridized carbons (Fsp3) is 0.0588. The number of nitrogens with two attached hydrogens (primary N) is 1. The van der Waals surface area contributed by atoms with Gasteiger partial charge in [-0.3, -0.25) is 9.59 Å². The first-order valence-electron chi connectivity index (χ1n) is 6.54. The van der Waals surface area contributed by atoms with Crippen LogP contribution < -0.4 is 10.5 Å². The molecule has 1 amide bonds. The van der Waals surface area contributed by atoms with E-state index in [2.05, 4.69) is 15.9 Å². The predicted octanol–water partition coefficient (Wildman–Crippen LogP) is 3.21. The fourth-order valence-corrected chi connectivity index (χ4v) is 2.04. The van der Waals surface area contributed by atoms with Crippen molar-refractivity contribution in [2.45, 2.75) is 0 Å². The van der Waals surface area contributed by atoms with Gasteiger partial charge in [-0.25, -0.2) is 0 Å². The number of ether oxygens (including phenoxy) is 1. The molecule has 0 saturated carbocycles. The average molecular weight is 360 g/mol. The minimum atomic E-state index is -0.590. The van der Waals surface area contributed by atoms with Crippen LogP contribution in [-0.4, -0.2) is 18.3 Å². The summed E-state index contributed by atoms with van der Waals surface area (Å²) < 4.78 is 6.23.